The van der Waals surface area contributed by atoms with E-state index in [9.17, 15) is 4.79 Å². The highest BCUT2D eigenvalue weighted by molar-refractivity contribution is 5.88. The van der Waals surface area contributed by atoms with E-state index in [-0.39, 0.29) is 5.91 Å². The van der Waals surface area contributed by atoms with Gasteiger partial charge < -0.3 is 15.8 Å². The zero-order valence-corrected chi connectivity index (χ0v) is 13.0. The number of rotatable bonds is 5. The minimum absolute atomic E-state index is 0.259. The number of nitrogens with one attached hydrogen (secondary N) is 1. The summed E-state index contributed by atoms with van der Waals surface area (Å²) < 4.78 is 5.37. The fourth-order valence-corrected chi connectivity index (χ4v) is 3.26. The standard InChI is InChI=1S/C17H26N2O2/c1-3-13-7-6-11-17(12-10-13,16(18)20)19-14-8-4-5-9-15(14)21-2/h4-5,8-9,13,19H,3,6-7,10-12H2,1-2H3,(H2,18,20). The first-order chi connectivity index (χ1) is 10.1. The molecule has 1 aliphatic carbocycles. The van der Waals surface area contributed by atoms with Crippen molar-refractivity contribution in [3.05, 3.63) is 24.3 Å². The molecule has 0 heterocycles. The van der Waals surface area contributed by atoms with E-state index in [0.29, 0.717) is 5.92 Å². The Morgan fingerprint density at radius 3 is 2.81 bits per heavy atom. The second kappa shape index (κ2) is 6.83. The molecular weight excluding hydrogens is 264 g/mol. The first kappa shape index (κ1) is 15.7. The normalized spacial score (nSPS) is 25.9. The zero-order chi connectivity index (χ0) is 15.3. The van der Waals surface area contributed by atoms with Gasteiger partial charge in [0.05, 0.1) is 12.8 Å². The predicted octanol–water partition coefficient (Wildman–Crippen LogP) is 3.32. The monoisotopic (exact) mass is 290 g/mol. The summed E-state index contributed by atoms with van der Waals surface area (Å²) in [6.45, 7) is 2.22. The molecule has 2 unspecified atom stereocenters. The Morgan fingerprint density at radius 2 is 2.14 bits per heavy atom. The van der Waals surface area contributed by atoms with Gasteiger partial charge in [0, 0.05) is 0 Å². The lowest BCUT2D eigenvalue weighted by molar-refractivity contribution is -0.122. The van der Waals surface area contributed by atoms with Crippen LogP contribution in [0.4, 0.5) is 5.69 Å². The quantitative estimate of drug-likeness (QED) is 0.818. The van der Waals surface area contributed by atoms with E-state index in [1.54, 1.807) is 7.11 Å². The van der Waals surface area contributed by atoms with E-state index >= 15 is 0 Å². The van der Waals surface area contributed by atoms with Crippen molar-refractivity contribution < 1.29 is 9.53 Å². The second-order valence-corrected chi connectivity index (χ2v) is 5.98. The van der Waals surface area contributed by atoms with E-state index in [2.05, 4.69) is 12.2 Å². The van der Waals surface area contributed by atoms with Gasteiger partial charge in [-0.1, -0.05) is 38.3 Å². The molecule has 1 aliphatic rings. The molecule has 4 heteroatoms. The van der Waals surface area contributed by atoms with Crippen molar-refractivity contribution in [2.75, 3.05) is 12.4 Å². The third-order valence-corrected chi connectivity index (χ3v) is 4.73. The van der Waals surface area contributed by atoms with Gasteiger partial charge in [-0.3, -0.25) is 4.79 Å². The molecule has 4 nitrogen and oxygen atoms in total. The number of carbonyl (C=O) groups excluding carboxylic acids is 1. The Kier molecular flexibility index (Phi) is 5.10. The maximum atomic E-state index is 12.1. The maximum Gasteiger partial charge on any atom is 0.243 e. The number of hydrogen-bond donors (Lipinski definition) is 2. The van der Waals surface area contributed by atoms with Crippen LogP contribution in [0.5, 0.6) is 5.75 Å². The van der Waals surface area contributed by atoms with Crippen LogP contribution in [0.15, 0.2) is 24.3 Å². The Hall–Kier alpha value is -1.71. The van der Waals surface area contributed by atoms with E-state index in [0.717, 1.165) is 37.1 Å². The van der Waals surface area contributed by atoms with Gasteiger partial charge in [0.15, 0.2) is 0 Å². The molecule has 1 aromatic carbocycles. The van der Waals surface area contributed by atoms with E-state index in [1.165, 1.54) is 12.8 Å². The van der Waals surface area contributed by atoms with Gasteiger partial charge >= 0.3 is 0 Å². The number of hydrogen-bond acceptors (Lipinski definition) is 3. The molecule has 0 saturated heterocycles. The van der Waals surface area contributed by atoms with Gasteiger partial charge in [0.1, 0.15) is 11.3 Å². The van der Waals surface area contributed by atoms with Gasteiger partial charge in [-0.05, 0) is 37.3 Å². The van der Waals surface area contributed by atoms with Crippen molar-refractivity contribution in [2.24, 2.45) is 11.7 Å². The molecule has 0 aliphatic heterocycles. The summed E-state index contributed by atoms with van der Waals surface area (Å²) in [6.07, 6.45) is 6.00. The molecule has 0 radical (unpaired) electrons. The molecule has 0 bridgehead atoms. The number of amides is 1. The fourth-order valence-electron chi connectivity index (χ4n) is 3.26. The molecule has 1 fully saturated rings. The van der Waals surface area contributed by atoms with E-state index in [4.69, 9.17) is 10.5 Å². The van der Waals surface area contributed by atoms with E-state index in [1.807, 2.05) is 24.3 Å². The summed E-state index contributed by atoms with van der Waals surface area (Å²) >= 11 is 0. The molecule has 0 spiro atoms. The first-order valence-corrected chi connectivity index (χ1v) is 7.82. The summed E-state index contributed by atoms with van der Waals surface area (Å²) in [6, 6.07) is 7.68. The van der Waals surface area contributed by atoms with Crippen LogP contribution in [0.1, 0.15) is 45.4 Å². The van der Waals surface area contributed by atoms with Crippen LogP contribution in [0.2, 0.25) is 0 Å². The van der Waals surface area contributed by atoms with Crippen molar-refractivity contribution >= 4 is 11.6 Å². The lowest BCUT2D eigenvalue weighted by Gasteiger charge is -2.32. The molecule has 116 valence electrons. The summed E-state index contributed by atoms with van der Waals surface area (Å²) in [5, 5.41) is 3.40. The largest absolute Gasteiger partial charge is 0.495 e. The Morgan fingerprint density at radius 1 is 1.38 bits per heavy atom. The zero-order valence-electron chi connectivity index (χ0n) is 13.0. The fraction of sp³-hybridized carbons (Fsp3) is 0.588. The Bertz CT molecular complexity index is 489. The van der Waals surface area contributed by atoms with Crippen molar-refractivity contribution in [1.82, 2.24) is 0 Å². The molecule has 1 saturated carbocycles. The molecule has 0 aromatic heterocycles. The van der Waals surface area contributed by atoms with Crippen LogP contribution in [0.25, 0.3) is 0 Å². The molecule has 21 heavy (non-hydrogen) atoms. The number of nitrogens with two attached hydrogens (primary N) is 1. The lowest BCUT2D eigenvalue weighted by Crippen LogP contribution is -2.50. The maximum absolute atomic E-state index is 12.1. The highest BCUT2D eigenvalue weighted by Crippen LogP contribution is 2.36. The van der Waals surface area contributed by atoms with Crippen LogP contribution in [-0.4, -0.2) is 18.6 Å². The molecule has 3 N–H and O–H groups in total. The van der Waals surface area contributed by atoms with Crippen LogP contribution >= 0.6 is 0 Å². The number of carbonyl (C=O) groups is 1. The third-order valence-electron chi connectivity index (χ3n) is 4.73. The number of benzene rings is 1. The van der Waals surface area contributed by atoms with Crippen molar-refractivity contribution in [3.63, 3.8) is 0 Å². The highest BCUT2D eigenvalue weighted by Gasteiger charge is 2.38. The molecule has 1 aromatic rings. The van der Waals surface area contributed by atoms with E-state index < -0.39 is 5.54 Å². The molecule has 2 rings (SSSR count). The topological polar surface area (TPSA) is 64.3 Å². The summed E-state index contributed by atoms with van der Waals surface area (Å²) in [4.78, 5) is 12.1. The first-order valence-electron chi connectivity index (χ1n) is 7.82. The highest BCUT2D eigenvalue weighted by atomic mass is 16.5. The minimum atomic E-state index is -0.654. The van der Waals surface area contributed by atoms with Crippen LogP contribution in [0, 0.1) is 5.92 Å². The molecule has 2 atom stereocenters. The summed E-state index contributed by atoms with van der Waals surface area (Å²) in [7, 11) is 1.64. The SMILES string of the molecule is CCC1CCCC(Nc2ccccc2OC)(C(N)=O)CC1. The number of primary amides is 1. The van der Waals surface area contributed by atoms with Crippen molar-refractivity contribution in [3.8, 4) is 5.75 Å². The number of ether oxygens (including phenoxy) is 1. The number of anilines is 1. The molecule has 1 amide bonds. The third kappa shape index (κ3) is 3.49. The van der Waals surface area contributed by atoms with Crippen molar-refractivity contribution in [2.45, 2.75) is 51.0 Å². The minimum Gasteiger partial charge on any atom is -0.495 e. The van der Waals surface area contributed by atoms with Crippen LogP contribution < -0.4 is 15.8 Å². The number of methoxy groups -OCH3 is 1. The van der Waals surface area contributed by atoms with Gasteiger partial charge in [0.25, 0.3) is 0 Å². The lowest BCUT2D eigenvalue weighted by atomic mass is 9.88. The predicted molar refractivity (Wildman–Crippen MR) is 85.4 cm³/mol. The van der Waals surface area contributed by atoms with Crippen molar-refractivity contribution in [1.29, 1.82) is 0 Å². The average Bonchev–Trinajstić information content (AvgIpc) is 2.71. The van der Waals surface area contributed by atoms with Crippen LogP contribution in [-0.2, 0) is 4.79 Å². The average molecular weight is 290 g/mol. The van der Waals surface area contributed by atoms with Crippen LogP contribution in [0.3, 0.4) is 0 Å². The van der Waals surface area contributed by atoms with Gasteiger partial charge in [-0.25, -0.2) is 0 Å². The molecular formula is C17H26N2O2. The smallest absolute Gasteiger partial charge is 0.243 e. The number of para-hydroxylation sites is 2. The second-order valence-electron chi connectivity index (χ2n) is 5.98. The van der Waals surface area contributed by atoms with Gasteiger partial charge in [-0.15, -0.1) is 0 Å². The Balaban J connectivity index is 2.24. The summed E-state index contributed by atoms with van der Waals surface area (Å²) in [5.41, 5.74) is 5.94. The summed E-state index contributed by atoms with van der Waals surface area (Å²) in [5.74, 6) is 1.19. The Labute approximate surface area is 127 Å². The van der Waals surface area contributed by atoms with Gasteiger partial charge in [0.2, 0.25) is 5.91 Å². The van der Waals surface area contributed by atoms with Gasteiger partial charge in [-0.2, -0.15) is 0 Å².